The number of rotatable bonds is 3. The van der Waals surface area contributed by atoms with E-state index < -0.39 is 5.76 Å². The molecule has 1 amide bonds. The lowest BCUT2D eigenvalue weighted by Gasteiger charge is -2.06. The van der Waals surface area contributed by atoms with Gasteiger partial charge in [0.05, 0.1) is 0 Å². The summed E-state index contributed by atoms with van der Waals surface area (Å²) in [5, 5.41) is 6.43. The Hall–Kier alpha value is -2.42. The molecule has 0 saturated heterocycles. The molecular formula is C15H10IN3O3. The SMILES string of the molecule is O=C(Nc1cccc(-c2noc(=O)[nH]2)c1)c1cccc(I)c1. The minimum Gasteiger partial charge on any atom is -0.322 e. The van der Waals surface area contributed by atoms with Crippen LogP contribution in [-0.4, -0.2) is 16.0 Å². The summed E-state index contributed by atoms with van der Waals surface area (Å²) in [4.78, 5) is 25.7. The number of benzene rings is 2. The van der Waals surface area contributed by atoms with Crippen LogP contribution in [-0.2, 0) is 0 Å². The fourth-order valence-electron chi connectivity index (χ4n) is 1.93. The number of carbonyl (C=O) groups is 1. The van der Waals surface area contributed by atoms with Gasteiger partial charge in [-0.1, -0.05) is 23.4 Å². The Labute approximate surface area is 138 Å². The second kappa shape index (κ2) is 6.14. The Kier molecular flexibility index (Phi) is 4.05. The zero-order chi connectivity index (χ0) is 15.5. The molecular weight excluding hydrogens is 397 g/mol. The van der Waals surface area contributed by atoms with Crippen molar-refractivity contribution in [3.8, 4) is 11.4 Å². The van der Waals surface area contributed by atoms with Crippen LogP contribution >= 0.6 is 22.6 Å². The molecule has 2 aromatic carbocycles. The lowest BCUT2D eigenvalue weighted by Crippen LogP contribution is -2.11. The monoisotopic (exact) mass is 407 g/mol. The molecule has 0 fully saturated rings. The molecule has 1 heterocycles. The third-order valence-electron chi connectivity index (χ3n) is 2.92. The number of carbonyl (C=O) groups excluding carboxylic acids is 1. The molecule has 0 bridgehead atoms. The van der Waals surface area contributed by atoms with Crippen LogP contribution in [0.15, 0.2) is 57.8 Å². The van der Waals surface area contributed by atoms with Gasteiger partial charge in [-0.3, -0.25) is 14.3 Å². The van der Waals surface area contributed by atoms with Crippen LogP contribution < -0.4 is 11.1 Å². The van der Waals surface area contributed by atoms with Crippen LogP contribution in [0.25, 0.3) is 11.4 Å². The molecule has 0 radical (unpaired) electrons. The van der Waals surface area contributed by atoms with E-state index in [1.165, 1.54) is 0 Å². The normalized spacial score (nSPS) is 10.4. The van der Waals surface area contributed by atoms with Crippen molar-refractivity contribution in [2.75, 3.05) is 5.32 Å². The highest BCUT2D eigenvalue weighted by Crippen LogP contribution is 2.19. The van der Waals surface area contributed by atoms with E-state index in [4.69, 9.17) is 0 Å². The first-order valence-electron chi connectivity index (χ1n) is 6.35. The van der Waals surface area contributed by atoms with Gasteiger partial charge in [-0.05, 0) is 52.9 Å². The van der Waals surface area contributed by atoms with Gasteiger partial charge in [0.25, 0.3) is 5.91 Å². The number of aromatic nitrogens is 2. The predicted octanol–water partition coefficient (Wildman–Crippen LogP) is 2.89. The lowest BCUT2D eigenvalue weighted by atomic mass is 10.1. The largest absolute Gasteiger partial charge is 0.439 e. The van der Waals surface area contributed by atoms with Crippen molar-refractivity contribution in [3.63, 3.8) is 0 Å². The number of amides is 1. The molecule has 0 unspecified atom stereocenters. The number of nitrogens with one attached hydrogen (secondary N) is 2. The Morgan fingerprint density at radius 2 is 2.00 bits per heavy atom. The molecule has 0 aliphatic rings. The highest BCUT2D eigenvalue weighted by atomic mass is 127. The van der Waals surface area contributed by atoms with Crippen molar-refractivity contribution in [2.45, 2.75) is 0 Å². The maximum Gasteiger partial charge on any atom is 0.439 e. The van der Waals surface area contributed by atoms with Crippen molar-refractivity contribution in [1.29, 1.82) is 0 Å². The van der Waals surface area contributed by atoms with Crippen LogP contribution in [0.2, 0.25) is 0 Å². The van der Waals surface area contributed by atoms with Gasteiger partial charge >= 0.3 is 5.76 Å². The zero-order valence-corrected chi connectivity index (χ0v) is 13.3. The minimum absolute atomic E-state index is 0.204. The third-order valence-corrected chi connectivity index (χ3v) is 3.59. The Morgan fingerprint density at radius 3 is 2.73 bits per heavy atom. The first-order valence-corrected chi connectivity index (χ1v) is 7.43. The predicted molar refractivity (Wildman–Crippen MR) is 89.7 cm³/mol. The van der Waals surface area contributed by atoms with E-state index in [1.807, 2.05) is 12.1 Å². The van der Waals surface area contributed by atoms with Gasteiger partial charge in [0.15, 0.2) is 5.82 Å². The van der Waals surface area contributed by atoms with E-state index >= 15 is 0 Å². The van der Waals surface area contributed by atoms with Crippen LogP contribution in [0.4, 0.5) is 5.69 Å². The molecule has 7 heteroatoms. The number of hydrogen-bond acceptors (Lipinski definition) is 4. The lowest BCUT2D eigenvalue weighted by molar-refractivity contribution is 0.102. The highest BCUT2D eigenvalue weighted by Gasteiger charge is 2.09. The minimum atomic E-state index is -0.622. The average molecular weight is 407 g/mol. The number of aromatic amines is 1. The standard InChI is InChI=1S/C15H10IN3O3/c16-11-5-1-4-10(7-11)14(20)17-12-6-2-3-9(8-12)13-18-15(21)22-19-13/h1-8H,(H,17,20)(H,18,19,21). The van der Waals surface area contributed by atoms with Gasteiger partial charge in [0.2, 0.25) is 0 Å². The van der Waals surface area contributed by atoms with Gasteiger partial charge in [0, 0.05) is 20.4 Å². The van der Waals surface area contributed by atoms with Gasteiger partial charge in [-0.2, -0.15) is 0 Å². The second-order valence-electron chi connectivity index (χ2n) is 4.49. The number of H-pyrrole nitrogens is 1. The van der Waals surface area contributed by atoms with Crippen LogP contribution in [0, 0.1) is 3.57 Å². The molecule has 6 nitrogen and oxygen atoms in total. The van der Waals surface area contributed by atoms with Crippen molar-refractivity contribution in [2.24, 2.45) is 0 Å². The first kappa shape index (κ1) is 14.5. The van der Waals surface area contributed by atoms with E-state index in [0.29, 0.717) is 22.6 Å². The molecule has 0 aliphatic heterocycles. The maximum absolute atomic E-state index is 12.2. The Bertz CT molecular complexity index is 885. The Morgan fingerprint density at radius 1 is 1.18 bits per heavy atom. The first-order chi connectivity index (χ1) is 10.6. The zero-order valence-electron chi connectivity index (χ0n) is 11.2. The fraction of sp³-hybridized carbons (Fsp3) is 0. The van der Waals surface area contributed by atoms with Crippen molar-refractivity contribution >= 4 is 34.2 Å². The van der Waals surface area contributed by atoms with Crippen molar-refractivity contribution in [3.05, 3.63) is 68.2 Å². The molecule has 110 valence electrons. The van der Waals surface area contributed by atoms with Gasteiger partial charge < -0.3 is 5.32 Å². The van der Waals surface area contributed by atoms with Gasteiger partial charge in [-0.15, -0.1) is 0 Å². The summed E-state index contributed by atoms with van der Waals surface area (Å²) < 4.78 is 5.46. The molecule has 2 N–H and O–H groups in total. The molecule has 0 atom stereocenters. The number of anilines is 1. The second-order valence-corrected chi connectivity index (χ2v) is 5.73. The highest BCUT2D eigenvalue weighted by molar-refractivity contribution is 14.1. The van der Waals surface area contributed by atoms with Crippen LogP contribution in [0.1, 0.15) is 10.4 Å². The molecule has 0 saturated carbocycles. The van der Waals surface area contributed by atoms with E-state index in [2.05, 4.69) is 42.6 Å². The summed E-state index contributed by atoms with van der Waals surface area (Å²) in [7, 11) is 0. The summed E-state index contributed by atoms with van der Waals surface area (Å²) >= 11 is 2.15. The van der Waals surface area contributed by atoms with Crippen molar-refractivity contribution in [1.82, 2.24) is 10.1 Å². The summed E-state index contributed by atoms with van der Waals surface area (Å²) in [6.07, 6.45) is 0. The third kappa shape index (κ3) is 3.25. The molecule has 3 aromatic rings. The summed E-state index contributed by atoms with van der Waals surface area (Å²) in [6.45, 7) is 0. The number of hydrogen-bond donors (Lipinski definition) is 2. The van der Waals surface area contributed by atoms with Crippen LogP contribution in [0.5, 0.6) is 0 Å². The molecule has 1 aromatic heterocycles. The number of halogens is 1. The Balaban J connectivity index is 1.84. The quantitative estimate of drug-likeness (QED) is 0.654. The van der Waals surface area contributed by atoms with Crippen LogP contribution in [0.3, 0.4) is 0 Å². The van der Waals surface area contributed by atoms with E-state index in [9.17, 15) is 9.59 Å². The molecule has 22 heavy (non-hydrogen) atoms. The van der Waals surface area contributed by atoms with Gasteiger partial charge in [0.1, 0.15) is 0 Å². The smallest absolute Gasteiger partial charge is 0.322 e. The number of nitrogens with zero attached hydrogens (tertiary/aromatic N) is 1. The van der Waals surface area contributed by atoms with E-state index in [1.54, 1.807) is 36.4 Å². The molecule has 3 rings (SSSR count). The molecule has 0 spiro atoms. The van der Waals surface area contributed by atoms with Crippen molar-refractivity contribution < 1.29 is 9.32 Å². The van der Waals surface area contributed by atoms with Gasteiger partial charge in [-0.25, -0.2) is 4.79 Å². The van der Waals surface area contributed by atoms with E-state index in [-0.39, 0.29) is 5.91 Å². The summed E-state index contributed by atoms with van der Waals surface area (Å²) in [6, 6.07) is 14.3. The molecule has 0 aliphatic carbocycles. The average Bonchev–Trinajstić information content (AvgIpc) is 2.94. The topological polar surface area (TPSA) is 88.0 Å². The maximum atomic E-state index is 12.2. The van der Waals surface area contributed by atoms with E-state index in [0.717, 1.165) is 3.57 Å². The summed E-state index contributed by atoms with van der Waals surface area (Å²) in [5.74, 6) is -0.511. The fourth-order valence-corrected chi connectivity index (χ4v) is 2.47. The summed E-state index contributed by atoms with van der Waals surface area (Å²) in [5.41, 5.74) is 1.82.